The van der Waals surface area contributed by atoms with Gasteiger partial charge in [0.2, 0.25) is 0 Å². The highest BCUT2D eigenvalue weighted by Gasteiger charge is 2.09. The number of hydrogen-bond donors (Lipinski definition) is 0. The lowest BCUT2D eigenvalue weighted by molar-refractivity contribution is 0.0499. The van der Waals surface area contributed by atoms with E-state index >= 15 is 0 Å². The van der Waals surface area contributed by atoms with Crippen LogP contribution in [-0.4, -0.2) is 12.6 Å². The molecule has 0 bridgehead atoms. The molecule has 0 spiro atoms. The zero-order chi connectivity index (χ0) is 11.3. The van der Waals surface area contributed by atoms with Gasteiger partial charge in [-0.25, -0.2) is 4.79 Å². The molecule has 2 heteroatoms. The van der Waals surface area contributed by atoms with E-state index in [0.717, 1.165) is 24.0 Å². The van der Waals surface area contributed by atoms with Gasteiger partial charge in [0.1, 0.15) is 0 Å². The Balaban J connectivity index is 2.65. The minimum atomic E-state index is -0.207. The van der Waals surface area contributed by atoms with E-state index in [-0.39, 0.29) is 5.97 Å². The number of unbranched alkanes of at least 4 members (excludes halogenated alkanes) is 1. The molecule has 0 aromatic heterocycles. The molecule has 0 amide bonds. The lowest BCUT2D eigenvalue weighted by Gasteiger charge is -2.07. The number of rotatable bonds is 4. The minimum Gasteiger partial charge on any atom is -0.462 e. The normalized spacial score (nSPS) is 10.1. The molecule has 1 aromatic carbocycles. The van der Waals surface area contributed by atoms with Crippen molar-refractivity contribution in [3.8, 4) is 0 Å². The lowest BCUT2D eigenvalue weighted by atomic mass is 10.1. The van der Waals surface area contributed by atoms with Crippen molar-refractivity contribution in [3.63, 3.8) is 0 Å². The maximum Gasteiger partial charge on any atom is 0.338 e. The molecular weight excluding hydrogens is 188 g/mol. The van der Waals surface area contributed by atoms with Crippen molar-refractivity contribution in [2.45, 2.75) is 33.6 Å². The SMILES string of the molecule is CCCCOC(=O)c1ccc(C)cc1C. The van der Waals surface area contributed by atoms with Gasteiger partial charge in [-0.2, -0.15) is 0 Å². The monoisotopic (exact) mass is 206 g/mol. The summed E-state index contributed by atoms with van der Waals surface area (Å²) >= 11 is 0. The van der Waals surface area contributed by atoms with E-state index in [0.29, 0.717) is 12.2 Å². The Kier molecular flexibility index (Phi) is 4.35. The van der Waals surface area contributed by atoms with Crippen molar-refractivity contribution in [2.24, 2.45) is 0 Å². The summed E-state index contributed by atoms with van der Waals surface area (Å²) in [6.45, 7) is 6.54. The van der Waals surface area contributed by atoms with Gasteiger partial charge in [0.05, 0.1) is 12.2 Å². The second-order valence-electron chi connectivity index (χ2n) is 3.81. The van der Waals surface area contributed by atoms with Gasteiger partial charge < -0.3 is 4.74 Å². The molecule has 0 radical (unpaired) electrons. The van der Waals surface area contributed by atoms with E-state index in [4.69, 9.17) is 4.74 Å². The van der Waals surface area contributed by atoms with Gasteiger partial charge in [0.25, 0.3) is 0 Å². The summed E-state index contributed by atoms with van der Waals surface area (Å²) in [4.78, 5) is 11.6. The number of carbonyl (C=O) groups is 1. The minimum absolute atomic E-state index is 0.207. The molecule has 2 nitrogen and oxygen atoms in total. The number of benzene rings is 1. The predicted molar refractivity (Wildman–Crippen MR) is 61.1 cm³/mol. The Morgan fingerprint density at radius 3 is 2.67 bits per heavy atom. The molecule has 1 aromatic rings. The molecule has 15 heavy (non-hydrogen) atoms. The van der Waals surface area contributed by atoms with Crippen LogP contribution in [0, 0.1) is 13.8 Å². The number of ether oxygens (including phenoxy) is 1. The van der Waals surface area contributed by atoms with Crippen molar-refractivity contribution < 1.29 is 9.53 Å². The van der Waals surface area contributed by atoms with Crippen LogP contribution in [-0.2, 0) is 4.74 Å². The van der Waals surface area contributed by atoms with Crippen LogP contribution in [0.2, 0.25) is 0 Å². The first-order valence-electron chi connectivity index (χ1n) is 5.39. The van der Waals surface area contributed by atoms with Crippen molar-refractivity contribution in [2.75, 3.05) is 6.61 Å². The molecule has 1 rings (SSSR count). The quantitative estimate of drug-likeness (QED) is 0.558. The second kappa shape index (κ2) is 5.54. The highest BCUT2D eigenvalue weighted by Crippen LogP contribution is 2.11. The van der Waals surface area contributed by atoms with Crippen LogP contribution >= 0.6 is 0 Å². The Bertz CT molecular complexity index is 342. The maximum absolute atomic E-state index is 11.6. The van der Waals surface area contributed by atoms with Gasteiger partial charge in [-0.3, -0.25) is 0 Å². The van der Waals surface area contributed by atoms with E-state index in [1.54, 1.807) is 0 Å². The van der Waals surface area contributed by atoms with E-state index < -0.39 is 0 Å². The largest absolute Gasteiger partial charge is 0.462 e. The Labute approximate surface area is 91.3 Å². The smallest absolute Gasteiger partial charge is 0.338 e. The molecule has 0 saturated carbocycles. The van der Waals surface area contributed by atoms with Crippen molar-refractivity contribution >= 4 is 5.97 Å². The van der Waals surface area contributed by atoms with Crippen molar-refractivity contribution in [1.29, 1.82) is 0 Å². The molecule has 0 heterocycles. The first-order valence-corrected chi connectivity index (χ1v) is 5.39. The predicted octanol–water partition coefficient (Wildman–Crippen LogP) is 3.26. The lowest BCUT2D eigenvalue weighted by Crippen LogP contribution is -2.08. The average Bonchev–Trinajstić information content (AvgIpc) is 2.17. The van der Waals surface area contributed by atoms with Gasteiger partial charge in [0.15, 0.2) is 0 Å². The van der Waals surface area contributed by atoms with Crippen LogP contribution in [0.25, 0.3) is 0 Å². The van der Waals surface area contributed by atoms with E-state index in [9.17, 15) is 4.79 Å². The van der Waals surface area contributed by atoms with Crippen LogP contribution in [0.1, 0.15) is 41.3 Å². The highest BCUT2D eigenvalue weighted by atomic mass is 16.5. The number of carbonyl (C=O) groups excluding carboxylic acids is 1. The Morgan fingerprint density at radius 2 is 2.07 bits per heavy atom. The standard InChI is InChI=1S/C13H18O2/c1-4-5-8-15-13(14)12-7-6-10(2)9-11(12)3/h6-7,9H,4-5,8H2,1-3H3. The summed E-state index contributed by atoms with van der Waals surface area (Å²) in [6.07, 6.45) is 1.97. The van der Waals surface area contributed by atoms with E-state index in [1.165, 1.54) is 0 Å². The third-order valence-electron chi connectivity index (χ3n) is 2.33. The summed E-state index contributed by atoms with van der Waals surface area (Å²) in [7, 11) is 0. The fraction of sp³-hybridized carbons (Fsp3) is 0.462. The summed E-state index contributed by atoms with van der Waals surface area (Å²) in [5, 5.41) is 0. The molecule has 0 aliphatic rings. The molecule has 82 valence electrons. The second-order valence-corrected chi connectivity index (χ2v) is 3.81. The molecule has 0 unspecified atom stereocenters. The number of esters is 1. The first kappa shape index (κ1) is 11.8. The van der Waals surface area contributed by atoms with Gasteiger partial charge in [-0.05, 0) is 31.9 Å². The average molecular weight is 206 g/mol. The summed E-state index contributed by atoms with van der Waals surface area (Å²) in [5.41, 5.74) is 2.82. The Hall–Kier alpha value is -1.31. The molecule has 0 aliphatic heterocycles. The molecule has 0 atom stereocenters. The first-order chi connectivity index (χ1) is 7.15. The third kappa shape index (κ3) is 3.39. The van der Waals surface area contributed by atoms with Gasteiger partial charge in [-0.1, -0.05) is 31.0 Å². The van der Waals surface area contributed by atoms with Gasteiger partial charge in [0, 0.05) is 0 Å². The Morgan fingerprint density at radius 1 is 1.33 bits per heavy atom. The topological polar surface area (TPSA) is 26.3 Å². The summed E-state index contributed by atoms with van der Waals surface area (Å²) < 4.78 is 5.15. The van der Waals surface area contributed by atoms with Crippen LogP contribution in [0.3, 0.4) is 0 Å². The fourth-order valence-corrected chi connectivity index (χ4v) is 1.43. The van der Waals surface area contributed by atoms with Crippen LogP contribution in [0.4, 0.5) is 0 Å². The maximum atomic E-state index is 11.6. The summed E-state index contributed by atoms with van der Waals surface area (Å²) in [6, 6.07) is 5.76. The molecular formula is C13H18O2. The third-order valence-corrected chi connectivity index (χ3v) is 2.33. The molecule has 0 N–H and O–H groups in total. The van der Waals surface area contributed by atoms with Gasteiger partial charge in [-0.15, -0.1) is 0 Å². The van der Waals surface area contributed by atoms with Crippen LogP contribution in [0.15, 0.2) is 18.2 Å². The van der Waals surface area contributed by atoms with Crippen LogP contribution < -0.4 is 0 Å². The van der Waals surface area contributed by atoms with E-state index in [2.05, 4.69) is 6.92 Å². The number of hydrogen-bond acceptors (Lipinski definition) is 2. The van der Waals surface area contributed by atoms with Gasteiger partial charge >= 0.3 is 5.97 Å². The molecule has 0 aliphatic carbocycles. The fourth-order valence-electron chi connectivity index (χ4n) is 1.43. The van der Waals surface area contributed by atoms with Crippen molar-refractivity contribution in [1.82, 2.24) is 0 Å². The highest BCUT2D eigenvalue weighted by molar-refractivity contribution is 5.91. The number of aryl methyl sites for hydroxylation is 2. The summed E-state index contributed by atoms with van der Waals surface area (Å²) in [5.74, 6) is -0.207. The molecule has 0 saturated heterocycles. The van der Waals surface area contributed by atoms with E-state index in [1.807, 2.05) is 32.0 Å². The molecule has 0 fully saturated rings. The van der Waals surface area contributed by atoms with Crippen LogP contribution in [0.5, 0.6) is 0 Å². The van der Waals surface area contributed by atoms with Crippen molar-refractivity contribution in [3.05, 3.63) is 34.9 Å². The zero-order valence-electron chi connectivity index (χ0n) is 9.67. The zero-order valence-corrected chi connectivity index (χ0v) is 9.67.